The highest BCUT2D eigenvalue weighted by atomic mass is 79.9. The van der Waals surface area contributed by atoms with E-state index in [9.17, 15) is 9.59 Å². The lowest BCUT2D eigenvalue weighted by Gasteiger charge is -2.37. The van der Waals surface area contributed by atoms with Crippen molar-refractivity contribution in [3.63, 3.8) is 0 Å². The quantitative estimate of drug-likeness (QED) is 0.652. The molecule has 4 nitrogen and oxygen atoms in total. The highest BCUT2D eigenvalue weighted by Crippen LogP contribution is 2.35. The zero-order valence-electron chi connectivity index (χ0n) is 13.3. The van der Waals surface area contributed by atoms with E-state index >= 15 is 0 Å². The maximum atomic E-state index is 12.9. The van der Waals surface area contributed by atoms with Crippen LogP contribution in [0.3, 0.4) is 0 Å². The number of imide groups is 1. The van der Waals surface area contributed by atoms with Gasteiger partial charge in [-0.1, -0.05) is 29.8 Å². The summed E-state index contributed by atoms with van der Waals surface area (Å²) in [5.41, 5.74) is 0.629. The van der Waals surface area contributed by atoms with Crippen LogP contribution in [-0.2, 0) is 9.59 Å². The number of halogens is 2. The van der Waals surface area contributed by atoms with E-state index in [1.807, 2.05) is 12.1 Å². The van der Waals surface area contributed by atoms with Gasteiger partial charge >= 0.3 is 0 Å². The van der Waals surface area contributed by atoms with Gasteiger partial charge in [0.1, 0.15) is 0 Å². The zero-order valence-corrected chi connectivity index (χ0v) is 16.4. The molecule has 2 heterocycles. The molecule has 3 atom stereocenters. The molecule has 0 aliphatic carbocycles. The van der Waals surface area contributed by atoms with Crippen LogP contribution in [0.2, 0.25) is 0 Å². The predicted octanol–water partition coefficient (Wildman–Crippen LogP) is 3.82. The van der Waals surface area contributed by atoms with E-state index in [-0.39, 0.29) is 24.3 Å². The van der Waals surface area contributed by atoms with Crippen LogP contribution in [0, 0.1) is 11.8 Å². The molecule has 6 heteroatoms. The van der Waals surface area contributed by atoms with Crippen molar-refractivity contribution in [3.8, 4) is 0 Å². The maximum Gasteiger partial charge on any atom is 0.251 e. The Labute approximate surface area is 153 Å². The SMILES string of the molecule is C[C@@H]1C[C@@H](C)CN([C@@H]2CC(=O)N(c3ccc(Br)cc3Br)C2=O)C1. The highest BCUT2D eigenvalue weighted by Gasteiger charge is 2.44. The summed E-state index contributed by atoms with van der Waals surface area (Å²) < 4.78 is 1.65. The third kappa shape index (κ3) is 3.39. The van der Waals surface area contributed by atoms with E-state index in [1.165, 1.54) is 11.3 Å². The molecule has 0 saturated carbocycles. The summed E-state index contributed by atoms with van der Waals surface area (Å²) >= 11 is 6.85. The van der Waals surface area contributed by atoms with Crippen LogP contribution < -0.4 is 4.90 Å². The van der Waals surface area contributed by atoms with Crippen molar-refractivity contribution in [2.45, 2.75) is 32.7 Å². The standard InChI is InChI=1S/C17H20Br2N2O2/c1-10-5-11(2)9-20(8-10)15-7-16(22)21(17(15)23)14-4-3-12(18)6-13(14)19/h3-4,6,10-11,15H,5,7-9H2,1-2H3/t10-,11-,15-/m1/s1. The minimum absolute atomic E-state index is 0.0978. The average Bonchev–Trinajstić information content (AvgIpc) is 2.74. The second kappa shape index (κ2) is 6.65. The predicted molar refractivity (Wildman–Crippen MR) is 97.3 cm³/mol. The van der Waals surface area contributed by atoms with Crippen LogP contribution in [-0.4, -0.2) is 35.8 Å². The molecule has 0 N–H and O–H groups in total. The third-order valence-corrected chi connectivity index (χ3v) is 5.74. The van der Waals surface area contributed by atoms with Gasteiger partial charge in [0.05, 0.1) is 18.2 Å². The number of carbonyl (C=O) groups is 2. The van der Waals surface area contributed by atoms with E-state index in [0.717, 1.165) is 22.0 Å². The maximum absolute atomic E-state index is 12.9. The van der Waals surface area contributed by atoms with Crippen LogP contribution in [0.5, 0.6) is 0 Å². The summed E-state index contributed by atoms with van der Waals surface area (Å²) in [5.74, 6) is 0.915. The fourth-order valence-electron chi connectivity index (χ4n) is 3.78. The van der Waals surface area contributed by atoms with Gasteiger partial charge in [-0.2, -0.15) is 0 Å². The highest BCUT2D eigenvalue weighted by molar-refractivity contribution is 9.11. The monoisotopic (exact) mass is 442 g/mol. The van der Waals surface area contributed by atoms with Crippen molar-refractivity contribution in [1.82, 2.24) is 4.90 Å². The minimum Gasteiger partial charge on any atom is -0.291 e. The molecule has 0 unspecified atom stereocenters. The molecule has 2 saturated heterocycles. The second-order valence-electron chi connectivity index (χ2n) is 6.78. The largest absolute Gasteiger partial charge is 0.291 e. The fourth-order valence-corrected chi connectivity index (χ4v) is 5.01. The first-order chi connectivity index (χ1) is 10.9. The van der Waals surface area contributed by atoms with Crippen LogP contribution >= 0.6 is 31.9 Å². The minimum atomic E-state index is -0.316. The topological polar surface area (TPSA) is 40.6 Å². The Balaban J connectivity index is 1.85. The molecule has 1 aromatic carbocycles. The lowest BCUT2D eigenvalue weighted by atomic mass is 9.90. The number of carbonyl (C=O) groups excluding carboxylic acids is 2. The molecular weight excluding hydrogens is 424 g/mol. The lowest BCUT2D eigenvalue weighted by molar-refractivity contribution is -0.123. The normalized spacial score (nSPS) is 29.4. The second-order valence-corrected chi connectivity index (χ2v) is 8.55. The molecule has 2 aliphatic rings. The smallest absolute Gasteiger partial charge is 0.251 e. The van der Waals surface area contributed by atoms with Gasteiger partial charge in [-0.3, -0.25) is 14.5 Å². The Kier molecular flexibility index (Phi) is 4.95. The first-order valence-corrected chi connectivity index (χ1v) is 9.51. The van der Waals surface area contributed by atoms with Crippen molar-refractivity contribution in [3.05, 3.63) is 27.1 Å². The van der Waals surface area contributed by atoms with Crippen LogP contribution in [0.4, 0.5) is 5.69 Å². The Morgan fingerprint density at radius 3 is 2.35 bits per heavy atom. The molecule has 1 aromatic rings. The van der Waals surface area contributed by atoms with Gasteiger partial charge < -0.3 is 0 Å². The van der Waals surface area contributed by atoms with Gasteiger partial charge in [0.25, 0.3) is 5.91 Å². The van der Waals surface area contributed by atoms with Crippen molar-refractivity contribution in [1.29, 1.82) is 0 Å². The van der Waals surface area contributed by atoms with Gasteiger partial charge in [0.15, 0.2) is 0 Å². The fraction of sp³-hybridized carbons (Fsp3) is 0.529. The molecule has 124 valence electrons. The molecule has 23 heavy (non-hydrogen) atoms. The van der Waals surface area contributed by atoms with E-state index in [2.05, 4.69) is 50.6 Å². The number of rotatable bonds is 2. The van der Waals surface area contributed by atoms with Gasteiger partial charge in [0, 0.05) is 22.0 Å². The van der Waals surface area contributed by atoms with Gasteiger partial charge in [-0.25, -0.2) is 4.90 Å². The van der Waals surface area contributed by atoms with E-state index in [1.54, 1.807) is 6.07 Å². The van der Waals surface area contributed by atoms with E-state index < -0.39 is 0 Å². The number of nitrogens with zero attached hydrogens (tertiary/aromatic N) is 2. The first kappa shape index (κ1) is 17.1. The Morgan fingerprint density at radius 1 is 1.09 bits per heavy atom. The number of hydrogen-bond donors (Lipinski definition) is 0. The molecule has 3 rings (SSSR count). The Bertz CT molecular complexity index is 639. The molecule has 0 aromatic heterocycles. The van der Waals surface area contributed by atoms with Crippen LogP contribution in [0.1, 0.15) is 26.7 Å². The summed E-state index contributed by atoms with van der Waals surface area (Å²) in [7, 11) is 0. The summed E-state index contributed by atoms with van der Waals surface area (Å²) in [6, 6.07) is 5.18. The lowest BCUT2D eigenvalue weighted by Crippen LogP contribution is -2.48. The van der Waals surface area contributed by atoms with Crippen molar-refractivity contribution in [2.24, 2.45) is 11.8 Å². The molecule has 2 aliphatic heterocycles. The molecular formula is C17H20Br2N2O2. The van der Waals surface area contributed by atoms with Crippen LogP contribution in [0.25, 0.3) is 0 Å². The Hall–Kier alpha value is -0.720. The number of amides is 2. The van der Waals surface area contributed by atoms with Gasteiger partial charge in [-0.05, 0) is 52.4 Å². The van der Waals surface area contributed by atoms with Crippen molar-refractivity contribution >= 4 is 49.4 Å². The summed E-state index contributed by atoms with van der Waals surface area (Å²) in [5, 5.41) is 0. The summed E-state index contributed by atoms with van der Waals surface area (Å²) in [4.78, 5) is 28.9. The summed E-state index contributed by atoms with van der Waals surface area (Å²) in [6.45, 7) is 6.22. The third-order valence-electron chi connectivity index (χ3n) is 4.61. The summed E-state index contributed by atoms with van der Waals surface area (Å²) in [6.07, 6.45) is 1.47. The molecule has 2 amide bonds. The number of benzene rings is 1. The van der Waals surface area contributed by atoms with E-state index in [4.69, 9.17) is 0 Å². The number of likely N-dealkylation sites (tertiary alicyclic amines) is 1. The van der Waals surface area contributed by atoms with Gasteiger partial charge in [0.2, 0.25) is 5.91 Å². The van der Waals surface area contributed by atoms with Crippen LogP contribution in [0.15, 0.2) is 27.1 Å². The Morgan fingerprint density at radius 2 is 1.74 bits per heavy atom. The molecule has 2 fully saturated rings. The number of hydrogen-bond acceptors (Lipinski definition) is 3. The van der Waals surface area contributed by atoms with Crippen molar-refractivity contribution in [2.75, 3.05) is 18.0 Å². The van der Waals surface area contributed by atoms with Crippen molar-refractivity contribution < 1.29 is 9.59 Å². The van der Waals surface area contributed by atoms with E-state index in [0.29, 0.717) is 17.5 Å². The molecule has 0 bridgehead atoms. The number of anilines is 1. The first-order valence-electron chi connectivity index (χ1n) is 7.92. The molecule has 0 spiro atoms. The average molecular weight is 444 g/mol. The zero-order chi connectivity index (χ0) is 16.7. The van der Waals surface area contributed by atoms with Gasteiger partial charge in [-0.15, -0.1) is 0 Å². The molecule has 0 radical (unpaired) electrons. The number of piperidine rings is 1.